The minimum atomic E-state index is -3.57. The Hall–Kier alpha value is -3.17. The van der Waals surface area contributed by atoms with Crippen LogP contribution < -0.4 is 0 Å². The van der Waals surface area contributed by atoms with Crippen LogP contribution in [0.25, 0.3) is 10.9 Å². The summed E-state index contributed by atoms with van der Waals surface area (Å²) in [5.74, 6) is -0.568. The smallest absolute Gasteiger partial charge is 0.337 e. The van der Waals surface area contributed by atoms with Crippen molar-refractivity contribution in [2.75, 3.05) is 26.7 Å². The standard InChI is InChI=1S/C24H27N3O5S/c1-4-27(5-2)33(30,31)18-9-6-16(7-10-18)23(28)26-13-12-22-20(15-26)19-14-17(24(29)32-3)8-11-21(19)25-22/h6-11,14,25H,4-5,12-13,15H2,1-3H3. The molecule has 0 atom stereocenters. The van der Waals surface area contributed by atoms with E-state index in [1.54, 1.807) is 43.0 Å². The first-order valence-corrected chi connectivity index (χ1v) is 12.3. The molecule has 1 aliphatic heterocycles. The summed E-state index contributed by atoms with van der Waals surface area (Å²) in [5.41, 5.74) is 3.84. The molecule has 33 heavy (non-hydrogen) atoms. The number of nitrogens with zero attached hydrogens (tertiary/aromatic N) is 2. The Balaban J connectivity index is 1.58. The lowest BCUT2D eigenvalue weighted by molar-refractivity contribution is 0.0600. The number of fused-ring (bicyclic) bond motifs is 3. The predicted molar refractivity (Wildman–Crippen MR) is 125 cm³/mol. The van der Waals surface area contributed by atoms with E-state index in [4.69, 9.17) is 4.74 Å². The molecule has 0 saturated carbocycles. The summed E-state index contributed by atoms with van der Waals surface area (Å²) in [4.78, 5) is 30.4. The van der Waals surface area contributed by atoms with Crippen LogP contribution in [0.4, 0.5) is 0 Å². The molecule has 0 radical (unpaired) electrons. The zero-order valence-electron chi connectivity index (χ0n) is 18.9. The summed E-state index contributed by atoms with van der Waals surface area (Å²) < 4.78 is 31.6. The molecule has 4 rings (SSSR count). The number of esters is 1. The number of carbonyl (C=O) groups is 2. The number of hydrogen-bond donors (Lipinski definition) is 1. The number of benzene rings is 2. The molecule has 1 aliphatic rings. The van der Waals surface area contributed by atoms with Crippen molar-refractivity contribution in [3.63, 3.8) is 0 Å². The van der Waals surface area contributed by atoms with Gasteiger partial charge < -0.3 is 14.6 Å². The monoisotopic (exact) mass is 469 g/mol. The van der Waals surface area contributed by atoms with Gasteiger partial charge in [0.05, 0.1) is 17.6 Å². The van der Waals surface area contributed by atoms with E-state index in [1.807, 2.05) is 6.07 Å². The van der Waals surface area contributed by atoms with Crippen LogP contribution in [0, 0.1) is 0 Å². The summed E-state index contributed by atoms with van der Waals surface area (Å²) in [6, 6.07) is 11.5. The first-order valence-electron chi connectivity index (χ1n) is 10.9. The van der Waals surface area contributed by atoms with E-state index in [2.05, 4.69) is 4.98 Å². The summed E-state index contributed by atoms with van der Waals surface area (Å²) in [6.07, 6.45) is 0.664. The van der Waals surface area contributed by atoms with Crippen molar-refractivity contribution >= 4 is 32.8 Å². The van der Waals surface area contributed by atoms with Crippen LogP contribution in [0.1, 0.15) is 45.8 Å². The number of methoxy groups -OCH3 is 1. The SMILES string of the molecule is CCN(CC)S(=O)(=O)c1ccc(C(=O)N2CCc3[nH]c4ccc(C(=O)OC)cc4c3C2)cc1. The lowest BCUT2D eigenvalue weighted by atomic mass is 10.0. The number of rotatable bonds is 6. The van der Waals surface area contributed by atoms with Gasteiger partial charge in [0.2, 0.25) is 10.0 Å². The van der Waals surface area contributed by atoms with Crippen LogP contribution in [0.3, 0.4) is 0 Å². The number of nitrogens with one attached hydrogen (secondary N) is 1. The van der Waals surface area contributed by atoms with Crippen LogP contribution in [0.5, 0.6) is 0 Å². The number of amides is 1. The molecule has 0 unspecified atom stereocenters. The van der Waals surface area contributed by atoms with E-state index in [1.165, 1.54) is 23.5 Å². The van der Waals surface area contributed by atoms with Gasteiger partial charge in [-0.3, -0.25) is 4.79 Å². The van der Waals surface area contributed by atoms with Crippen LogP contribution in [-0.4, -0.2) is 61.2 Å². The molecule has 0 spiro atoms. The van der Waals surface area contributed by atoms with Gasteiger partial charge in [-0.05, 0) is 42.5 Å². The summed E-state index contributed by atoms with van der Waals surface area (Å²) in [7, 11) is -2.23. The number of aromatic amines is 1. The normalized spacial score (nSPS) is 13.9. The number of aromatic nitrogens is 1. The second kappa shape index (κ2) is 8.99. The van der Waals surface area contributed by atoms with Gasteiger partial charge in [-0.15, -0.1) is 0 Å². The van der Waals surface area contributed by atoms with Gasteiger partial charge in [0.25, 0.3) is 5.91 Å². The molecular weight excluding hydrogens is 442 g/mol. The average Bonchev–Trinajstić information content (AvgIpc) is 3.20. The maximum absolute atomic E-state index is 13.2. The third-order valence-electron chi connectivity index (χ3n) is 6.13. The summed E-state index contributed by atoms with van der Waals surface area (Å²) >= 11 is 0. The second-order valence-electron chi connectivity index (χ2n) is 7.92. The van der Waals surface area contributed by atoms with Gasteiger partial charge in [0.1, 0.15) is 0 Å². The largest absolute Gasteiger partial charge is 0.465 e. The van der Waals surface area contributed by atoms with Gasteiger partial charge in [-0.25, -0.2) is 13.2 Å². The third-order valence-corrected chi connectivity index (χ3v) is 8.19. The fourth-order valence-electron chi connectivity index (χ4n) is 4.30. The van der Waals surface area contributed by atoms with Crippen LogP contribution in [0.2, 0.25) is 0 Å². The number of H-pyrrole nitrogens is 1. The first-order chi connectivity index (χ1) is 15.8. The molecule has 3 aromatic rings. The van der Waals surface area contributed by atoms with Crippen LogP contribution in [-0.2, 0) is 27.7 Å². The van der Waals surface area contributed by atoms with Crippen molar-refractivity contribution in [1.82, 2.24) is 14.2 Å². The molecule has 0 aliphatic carbocycles. The van der Waals surface area contributed by atoms with Crippen molar-refractivity contribution in [3.8, 4) is 0 Å². The summed E-state index contributed by atoms with van der Waals surface area (Å²) in [5, 5.41) is 0.895. The van der Waals surface area contributed by atoms with E-state index in [9.17, 15) is 18.0 Å². The van der Waals surface area contributed by atoms with Crippen LogP contribution >= 0.6 is 0 Å². The van der Waals surface area contributed by atoms with Gasteiger partial charge in [-0.2, -0.15) is 4.31 Å². The number of sulfonamides is 1. The Labute approximate surface area is 193 Å². The molecule has 174 valence electrons. The highest BCUT2D eigenvalue weighted by Gasteiger charge is 2.26. The van der Waals surface area contributed by atoms with Gasteiger partial charge in [0, 0.05) is 60.3 Å². The molecule has 1 N–H and O–H groups in total. The van der Waals surface area contributed by atoms with E-state index < -0.39 is 16.0 Å². The van der Waals surface area contributed by atoms with E-state index in [0.717, 1.165) is 22.2 Å². The Bertz CT molecular complexity index is 1310. The third kappa shape index (κ3) is 4.14. The lowest BCUT2D eigenvalue weighted by Gasteiger charge is -2.27. The average molecular weight is 470 g/mol. The minimum Gasteiger partial charge on any atom is -0.465 e. The van der Waals surface area contributed by atoms with Crippen molar-refractivity contribution in [1.29, 1.82) is 0 Å². The van der Waals surface area contributed by atoms with Gasteiger partial charge >= 0.3 is 5.97 Å². The second-order valence-corrected chi connectivity index (χ2v) is 9.86. The van der Waals surface area contributed by atoms with Crippen molar-refractivity contribution in [2.24, 2.45) is 0 Å². The fraction of sp³-hybridized carbons (Fsp3) is 0.333. The zero-order valence-corrected chi connectivity index (χ0v) is 19.7. The highest BCUT2D eigenvalue weighted by Crippen LogP contribution is 2.29. The molecule has 2 aromatic carbocycles. The minimum absolute atomic E-state index is 0.161. The topological polar surface area (TPSA) is 99.8 Å². The van der Waals surface area contributed by atoms with Crippen molar-refractivity contribution in [2.45, 2.75) is 31.7 Å². The molecule has 9 heteroatoms. The van der Waals surface area contributed by atoms with E-state index in [0.29, 0.717) is 43.7 Å². The Kier molecular flexibility index (Phi) is 6.27. The number of hydrogen-bond acceptors (Lipinski definition) is 5. The van der Waals surface area contributed by atoms with Gasteiger partial charge in [-0.1, -0.05) is 13.8 Å². The van der Waals surface area contributed by atoms with Crippen molar-refractivity contribution in [3.05, 3.63) is 64.8 Å². The van der Waals surface area contributed by atoms with E-state index in [-0.39, 0.29) is 10.8 Å². The first kappa shape index (κ1) is 23.0. The molecule has 8 nitrogen and oxygen atoms in total. The number of carbonyl (C=O) groups excluding carboxylic acids is 2. The molecule has 0 saturated heterocycles. The quantitative estimate of drug-likeness (QED) is 0.559. The van der Waals surface area contributed by atoms with Crippen LogP contribution in [0.15, 0.2) is 47.4 Å². The van der Waals surface area contributed by atoms with Gasteiger partial charge in [0.15, 0.2) is 0 Å². The Morgan fingerprint density at radius 1 is 1.06 bits per heavy atom. The number of ether oxygens (including phenoxy) is 1. The maximum atomic E-state index is 13.2. The fourth-order valence-corrected chi connectivity index (χ4v) is 5.75. The molecule has 0 fully saturated rings. The highest BCUT2D eigenvalue weighted by molar-refractivity contribution is 7.89. The molecule has 0 bridgehead atoms. The molecule has 2 heterocycles. The lowest BCUT2D eigenvalue weighted by Crippen LogP contribution is -2.35. The predicted octanol–water partition coefficient (Wildman–Crippen LogP) is 3.18. The molecule has 1 aromatic heterocycles. The maximum Gasteiger partial charge on any atom is 0.337 e. The zero-order chi connectivity index (χ0) is 23.8. The van der Waals surface area contributed by atoms with E-state index >= 15 is 0 Å². The summed E-state index contributed by atoms with van der Waals surface area (Å²) in [6.45, 7) is 5.31. The highest BCUT2D eigenvalue weighted by atomic mass is 32.2. The molecule has 1 amide bonds. The Morgan fingerprint density at radius 3 is 2.36 bits per heavy atom. The van der Waals surface area contributed by atoms with Crippen molar-refractivity contribution < 1.29 is 22.7 Å². The Morgan fingerprint density at radius 2 is 1.73 bits per heavy atom. The molecular formula is C24H27N3O5S.